The molecule has 1 atom stereocenters. The smallest absolute Gasteiger partial charge is 0.243 e. The maximum Gasteiger partial charge on any atom is 0.243 e. The van der Waals surface area contributed by atoms with Crippen LogP contribution in [0, 0.1) is 0 Å². The lowest BCUT2D eigenvalue weighted by Crippen LogP contribution is -2.37. The molecule has 0 bridgehead atoms. The van der Waals surface area contributed by atoms with E-state index in [9.17, 15) is 16.8 Å². The molecule has 2 aromatic rings. The lowest BCUT2D eigenvalue weighted by molar-refractivity contribution is 0.0926. The van der Waals surface area contributed by atoms with Crippen LogP contribution < -0.4 is 4.74 Å². The summed E-state index contributed by atoms with van der Waals surface area (Å²) < 4.78 is 67.8. The van der Waals surface area contributed by atoms with E-state index in [-0.39, 0.29) is 29.0 Å². The van der Waals surface area contributed by atoms with Crippen LogP contribution in [0.1, 0.15) is 51.0 Å². The molecule has 0 N–H and O–H groups in total. The zero-order valence-electron chi connectivity index (χ0n) is 20.8. The number of hydrogen-bond acceptors (Lipinski definition) is 6. The molecule has 0 aromatic heterocycles. The van der Waals surface area contributed by atoms with E-state index in [1.165, 1.54) is 32.9 Å². The van der Waals surface area contributed by atoms with E-state index in [4.69, 9.17) is 9.47 Å². The summed E-state index contributed by atoms with van der Waals surface area (Å²) in [6, 6.07) is 13.0. The Bertz CT molecular complexity index is 1180. The van der Waals surface area contributed by atoms with Gasteiger partial charge in [-0.15, -0.1) is 0 Å². The highest BCUT2D eigenvalue weighted by Crippen LogP contribution is 2.26. The summed E-state index contributed by atoms with van der Waals surface area (Å²) in [6.45, 7) is 4.52. The van der Waals surface area contributed by atoms with Crippen LogP contribution in [0.3, 0.4) is 0 Å². The van der Waals surface area contributed by atoms with Crippen molar-refractivity contribution in [3.8, 4) is 5.75 Å². The van der Waals surface area contributed by atoms with Crippen LogP contribution in [0.2, 0.25) is 0 Å². The van der Waals surface area contributed by atoms with Crippen molar-refractivity contribution in [3.63, 3.8) is 0 Å². The Morgan fingerprint density at radius 2 is 1.53 bits per heavy atom. The minimum absolute atomic E-state index is 0.0706. The number of sulfonamides is 2. The first kappa shape index (κ1) is 27.1. The van der Waals surface area contributed by atoms with E-state index in [1.54, 1.807) is 0 Å². The van der Waals surface area contributed by atoms with Gasteiger partial charge < -0.3 is 9.47 Å². The van der Waals surface area contributed by atoms with Crippen molar-refractivity contribution < 1.29 is 26.3 Å². The summed E-state index contributed by atoms with van der Waals surface area (Å²) in [5.41, 5.74) is 0.834. The Labute approximate surface area is 215 Å². The summed E-state index contributed by atoms with van der Waals surface area (Å²) in [7, 11) is -7.54. The quantitative estimate of drug-likeness (QED) is 0.455. The first-order valence-corrected chi connectivity index (χ1v) is 15.6. The maximum atomic E-state index is 13.7. The van der Waals surface area contributed by atoms with Gasteiger partial charge in [0.15, 0.2) is 0 Å². The monoisotopic (exact) mass is 536 g/mol. The van der Waals surface area contributed by atoms with Gasteiger partial charge >= 0.3 is 0 Å². The van der Waals surface area contributed by atoms with Gasteiger partial charge in [0.05, 0.1) is 22.5 Å². The molecule has 2 fully saturated rings. The van der Waals surface area contributed by atoms with Crippen LogP contribution in [0.15, 0.2) is 58.3 Å². The Balaban J connectivity index is 1.56. The fourth-order valence-electron chi connectivity index (χ4n) is 4.69. The third kappa shape index (κ3) is 6.47. The molecule has 8 nitrogen and oxygen atoms in total. The van der Waals surface area contributed by atoms with Crippen LogP contribution in [-0.2, 0) is 31.3 Å². The van der Waals surface area contributed by atoms with Gasteiger partial charge in [0.25, 0.3) is 0 Å². The van der Waals surface area contributed by atoms with E-state index < -0.39 is 20.0 Å². The second-order valence-electron chi connectivity index (χ2n) is 9.30. The molecule has 2 heterocycles. The third-order valence-electron chi connectivity index (χ3n) is 6.69. The average Bonchev–Trinajstić information content (AvgIpc) is 3.23. The normalized spacial score (nSPS) is 19.9. The Hall–Kier alpha value is -1.98. The molecule has 36 heavy (non-hydrogen) atoms. The Morgan fingerprint density at radius 1 is 0.889 bits per heavy atom. The fourth-order valence-corrected chi connectivity index (χ4v) is 7.67. The van der Waals surface area contributed by atoms with Crippen molar-refractivity contribution in [2.24, 2.45) is 0 Å². The number of ether oxygens (including phenoxy) is 2. The Morgan fingerprint density at radius 3 is 2.11 bits per heavy atom. The highest BCUT2D eigenvalue weighted by molar-refractivity contribution is 7.89. The number of benzene rings is 2. The van der Waals surface area contributed by atoms with Crippen LogP contribution >= 0.6 is 0 Å². The molecular formula is C26H36N2O6S2. The number of hydrogen-bond donors (Lipinski definition) is 0. The topological polar surface area (TPSA) is 93.2 Å². The fraction of sp³-hybridized carbons (Fsp3) is 0.538. The first-order chi connectivity index (χ1) is 17.3. The van der Waals surface area contributed by atoms with Gasteiger partial charge in [-0.25, -0.2) is 16.8 Å². The lowest BCUT2D eigenvalue weighted by Gasteiger charge is -2.25. The minimum Gasteiger partial charge on any atom is -0.494 e. The van der Waals surface area contributed by atoms with Gasteiger partial charge in [-0.05, 0) is 74.6 Å². The van der Waals surface area contributed by atoms with Crippen molar-refractivity contribution in [2.75, 3.05) is 32.8 Å². The van der Waals surface area contributed by atoms with E-state index in [2.05, 4.69) is 0 Å². The SMILES string of the molecule is CCOc1ccc(CN(C[C@@H]2CCCO2)S(=O)(=O)c2ccc(S(=O)(=O)N3CCCCCC3)cc2)cc1. The largest absolute Gasteiger partial charge is 0.494 e. The second kappa shape index (κ2) is 12.0. The molecule has 2 aliphatic rings. The first-order valence-electron chi connectivity index (χ1n) is 12.7. The number of nitrogens with zero attached hydrogens (tertiary/aromatic N) is 2. The lowest BCUT2D eigenvalue weighted by atomic mass is 10.2. The summed E-state index contributed by atoms with van der Waals surface area (Å²) >= 11 is 0. The molecule has 2 aliphatic heterocycles. The number of rotatable bonds is 10. The van der Waals surface area contributed by atoms with Gasteiger partial charge in [-0.1, -0.05) is 25.0 Å². The third-order valence-corrected chi connectivity index (χ3v) is 10.4. The van der Waals surface area contributed by atoms with Crippen molar-refractivity contribution in [2.45, 2.75) is 67.9 Å². The maximum absolute atomic E-state index is 13.7. The molecular weight excluding hydrogens is 500 g/mol. The van der Waals surface area contributed by atoms with E-state index in [0.717, 1.165) is 49.8 Å². The molecule has 2 saturated heterocycles. The molecule has 0 unspecified atom stereocenters. The zero-order valence-corrected chi connectivity index (χ0v) is 22.5. The van der Waals surface area contributed by atoms with Crippen molar-refractivity contribution >= 4 is 20.0 Å². The van der Waals surface area contributed by atoms with Crippen LogP contribution in [0.4, 0.5) is 0 Å². The summed E-state index contributed by atoms with van der Waals surface area (Å²) in [4.78, 5) is 0.196. The molecule has 0 spiro atoms. The van der Waals surface area contributed by atoms with E-state index in [1.807, 2.05) is 31.2 Å². The molecule has 0 radical (unpaired) electrons. The molecule has 0 amide bonds. The molecule has 2 aromatic carbocycles. The second-order valence-corrected chi connectivity index (χ2v) is 13.2. The predicted molar refractivity (Wildman–Crippen MR) is 138 cm³/mol. The van der Waals surface area contributed by atoms with Crippen LogP contribution in [0.25, 0.3) is 0 Å². The van der Waals surface area contributed by atoms with Gasteiger partial charge in [-0.3, -0.25) is 0 Å². The summed E-state index contributed by atoms with van der Waals surface area (Å²) in [5, 5.41) is 0. The van der Waals surface area contributed by atoms with Crippen molar-refractivity contribution in [1.29, 1.82) is 0 Å². The van der Waals surface area contributed by atoms with E-state index >= 15 is 0 Å². The van der Waals surface area contributed by atoms with Crippen molar-refractivity contribution in [3.05, 3.63) is 54.1 Å². The summed E-state index contributed by atoms with van der Waals surface area (Å²) in [6.07, 6.45) is 5.29. The highest BCUT2D eigenvalue weighted by Gasteiger charge is 2.31. The van der Waals surface area contributed by atoms with Gasteiger partial charge in [0.1, 0.15) is 5.75 Å². The molecule has 198 valence electrons. The van der Waals surface area contributed by atoms with E-state index in [0.29, 0.717) is 26.3 Å². The standard InChI is InChI=1S/C26H36N2O6S2/c1-2-33-23-11-9-22(10-12-23)20-28(21-24-8-7-19-34-24)36(31,32)26-15-13-25(14-16-26)35(29,30)27-17-5-3-4-6-18-27/h9-16,24H,2-8,17-21H2,1H3/t24-/m0/s1. The molecule has 4 rings (SSSR count). The van der Waals surface area contributed by atoms with Crippen LogP contribution in [-0.4, -0.2) is 64.4 Å². The molecule has 0 saturated carbocycles. The zero-order chi connectivity index (χ0) is 25.6. The minimum atomic E-state index is -3.89. The summed E-state index contributed by atoms with van der Waals surface area (Å²) in [5.74, 6) is 0.732. The van der Waals surface area contributed by atoms with Gasteiger partial charge in [-0.2, -0.15) is 8.61 Å². The Kier molecular flexibility index (Phi) is 9.05. The predicted octanol–water partition coefficient (Wildman–Crippen LogP) is 4.02. The van der Waals surface area contributed by atoms with Gasteiger partial charge in [0, 0.05) is 32.8 Å². The molecule has 10 heteroatoms. The van der Waals surface area contributed by atoms with Crippen molar-refractivity contribution in [1.82, 2.24) is 8.61 Å². The average molecular weight is 537 g/mol. The highest BCUT2D eigenvalue weighted by atomic mass is 32.2. The molecule has 0 aliphatic carbocycles. The van der Waals surface area contributed by atoms with Crippen LogP contribution in [0.5, 0.6) is 5.75 Å². The van der Waals surface area contributed by atoms with Gasteiger partial charge in [0.2, 0.25) is 20.0 Å².